The summed E-state index contributed by atoms with van der Waals surface area (Å²) in [6.07, 6.45) is 3.54. The Bertz CT molecular complexity index is 723. The summed E-state index contributed by atoms with van der Waals surface area (Å²) in [7, 11) is 0. The summed E-state index contributed by atoms with van der Waals surface area (Å²) in [6, 6.07) is 19.7. The van der Waals surface area contributed by atoms with Crippen molar-refractivity contribution in [1.29, 1.82) is 0 Å². The standard InChI is InChI=1S/C21H24N2OS.ClH/c24-21(23-13-12-18-8-9-19(14-23)22-18)17-6-10-20(11-7-17)25-15-16-4-2-1-3-5-16;/h1-7,10-11,18-19,22H,8-9,12-15H2;1H. The van der Waals surface area contributed by atoms with Crippen molar-refractivity contribution in [2.24, 2.45) is 0 Å². The average Bonchev–Trinajstić information content (AvgIpc) is 2.99. The molecule has 2 atom stereocenters. The first-order chi connectivity index (χ1) is 12.3. The fourth-order valence-electron chi connectivity index (χ4n) is 3.74. The van der Waals surface area contributed by atoms with E-state index in [9.17, 15) is 4.79 Å². The van der Waals surface area contributed by atoms with Crippen LogP contribution in [0, 0.1) is 0 Å². The van der Waals surface area contributed by atoms with Gasteiger partial charge in [-0.15, -0.1) is 24.2 Å². The van der Waals surface area contributed by atoms with Crippen LogP contribution in [0.1, 0.15) is 35.2 Å². The van der Waals surface area contributed by atoms with Crippen LogP contribution in [-0.4, -0.2) is 36.0 Å². The van der Waals surface area contributed by atoms with Gasteiger partial charge in [0.2, 0.25) is 0 Å². The number of amides is 1. The predicted octanol–water partition coefficient (Wildman–Crippen LogP) is 4.37. The monoisotopic (exact) mass is 388 g/mol. The van der Waals surface area contributed by atoms with Crippen molar-refractivity contribution in [2.75, 3.05) is 13.1 Å². The molecular formula is C21H25ClN2OS. The minimum atomic E-state index is 0. The van der Waals surface area contributed by atoms with Crippen molar-refractivity contribution in [3.05, 3.63) is 65.7 Å². The number of carbonyl (C=O) groups is 1. The van der Waals surface area contributed by atoms with Gasteiger partial charge in [0.25, 0.3) is 5.91 Å². The molecule has 138 valence electrons. The molecule has 2 heterocycles. The number of thioether (sulfide) groups is 1. The van der Waals surface area contributed by atoms with Crippen molar-refractivity contribution in [3.8, 4) is 0 Å². The highest BCUT2D eigenvalue weighted by atomic mass is 35.5. The first-order valence-electron chi connectivity index (χ1n) is 9.10. The van der Waals surface area contributed by atoms with Crippen molar-refractivity contribution in [3.63, 3.8) is 0 Å². The van der Waals surface area contributed by atoms with Gasteiger partial charge >= 0.3 is 0 Å². The zero-order valence-electron chi connectivity index (χ0n) is 14.8. The van der Waals surface area contributed by atoms with Crippen LogP contribution < -0.4 is 5.32 Å². The van der Waals surface area contributed by atoms with Gasteiger partial charge in [0.05, 0.1) is 0 Å². The molecule has 2 bridgehead atoms. The summed E-state index contributed by atoms with van der Waals surface area (Å²) in [4.78, 5) is 16.0. The van der Waals surface area contributed by atoms with Crippen molar-refractivity contribution < 1.29 is 4.79 Å². The quantitative estimate of drug-likeness (QED) is 0.789. The topological polar surface area (TPSA) is 32.3 Å². The number of hydrogen-bond acceptors (Lipinski definition) is 3. The number of fused-ring (bicyclic) bond motifs is 2. The van der Waals surface area contributed by atoms with E-state index in [1.54, 1.807) is 0 Å². The molecule has 2 saturated heterocycles. The molecule has 1 N–H and O–H groups in total. The molecule has 2 fully saturated rings. The molecule has 2 aromatic carbocycles. The summed E-state index contributed by atoms with van der Waals surface area (Å²) >= 11 is 1.81. The molecule has 0 aromatic heterocycles. The van der Waals surface area contributed by atoms with Gasteiger partial charge in [-0.1, -0.05) is 30.3 Å². The van der Waals surface area contributed by atoms with E-state index >= 15 is 0 Å². The van der Waals surface area contributed by atoms with E-state index in [1.165, 1.54) is 23.3 Å². The van der Waals surface area contributed by atoms with Crippen molar-refractivity contribution in [1.82, 2.24) is 10.2 Å². The zero-order valence-corrected chi connectivity index (χ0v) is 16.4. The maximum Gasteiger partial charge on any atom is 0.253 e. The molecule has 0 radical (unpaired) electrons. The summed E-state index contributed by atoms with van der Waals surface area (Å²) < 4.78 is 0. The van der Waals surface area contributed by atoms with E-state index in [4.69, 9.17) is 0 Å². The third-order valence-corrected chi connectivity index (χ3v) is 6.24. The molecule has 1 amide bonds. The van der Waals surface area contributed by atoms with Gasteiger partial charge in [0.15, 0.2) is 0 Å². The minimum Gasteiger partial charge on any atom is -0.337 e. The molecule has 2 aliphatic rings. The van der Waals surface area contributed by atoms with Crippen LogP contribution in [0.2, 0.25) is 0 Å². The third kappa shape index (κ3) is 4.61. The van der Waals surface area contributed by atoms with Gasteiger partial charge in [-0.05, 0) is 49.1 Å². The molecule has 2 aromatic rings. The van der Waals surface area contributed by atoms with Crippen molar-refractivity contribution >= 4 is 30.1 Å². The number of nitrogens with zero attached hydrogens (tertiary/aromatic N) is 1. The van der Waals surface area contributed by atoms with E-state index in [1.807, 2.05) is 34.9 Å². The van der Waals surface area contributed by atoms with E-state index in [-0.39, 0.29) is 18.3 Å². The van der Waals surface area contributed by atoms with Gasteiger partial charge < -0.3 is 10.2 Å². The lowest BCUT2D eigenvalue weighted by Gasteiger charge is -2.24. The predicted molar refractivity (Wildman–Crippen MR) is 110 cm³/mol. The Morgan fingerprint density at radius 3 is 2.50 bits per heavy atom. The van der Waals surface area contributed by atoms with Gasteiger partial charge in [-0.25, -0.2) is 0 Å². The highest BCUT2D eigenvalue weighted by Gasteiger charge is 2.31. The number of halogens is 1. The van der Waals surface area contributed by atoms with Crippen LogP contribution in [0.15, 0.2) is 59.5 Å². The number of carbonyl (C=O) groups excluding carboxylic acids is 1. The molecule has 5 heteroatoms. The lowest BCUT2D eigenvalue weighted by Crippen LogP contribution is -2.39. The SMILES string of the molecule is Cl.O=C(c1ccc(SCc2ccccc2)cc1)N1CCC2CCC(C1)N2. The number of hydrogen-bond donors (Lipinski definition) is 1. The van der Waals surface area contributed by atoms with Crippen LogP contribution in [0.3, 0.4) is 0 Å². The number of benzene rings is 2. The Balaban J connectivity index is 0.00000196. The van der Waals surface area contributed by atoms with E-state index in [0.717, 1.165) is 30.8 Å². The summed E-state index contributed by atoms with van der Waals surface area (Å²) in [5.74, 6) is 1.13. The summed E-state index contributed by atoms with van der Waals surface area (Å²) in [6.45, 7) is 1.72. The lowest BCUT2D eigenvalue weighted by atomic mass is 10.1. The molecule has 26 heavy (non-hydrogen) atoms. The molecule has 2 aliphatic heterocycles. The highest BCUT2D eigenvalue weighted by Crippen LogP contribution is 2.25. The maximum atomic E-state index is 12.8. The third-order valence-electron chi connectivity index (χ3n) is 5.16. The Hall–Kier alpha value is -1.49. The lowest BCUT2D eigenvalue weighted by molar-refractivity contribution is 0.0748. The first kappa shape index (κ1) is 19.3. The average molecular weight is 389 g/mol. The second kappa shape index (κ2) is 8.94. The van der Waals surface area contributed by atoms with E-state index in [2.05, 4.69) is 41.7 Å². The molecule has 0 spiro atoms. The van der Waals surface area contributed by atoms with Crippen LogP contribution in [0.4, 0.5) is 0 Å². The smallest absolute Gasteiger partial charge is 0.253 e. The fourth-order valence-corrected chi connectivity index (χ4v) is 4.60. The van der Waals surface area contributed by atoms with E-state index in [0.29, 0.717) is 12.1 Å². The molecule has 0 aliphatic carbocycles. The Labute approximate surface area is 166 Å². The fraction of sp³-hybridized carbons (Fsp3) is 0.381. The minimum absolute atomic E-state index is 0. The largest absolute Gasteiger partial charge is 0.337 e. The van der Waals surface area contributed by atoms with Crippen LogP contribution in [-0.2, 0) is 5.75 Å². The Morgan fingerprint density at radius 1 is 1.00 bits per heavy atom. The zero-order chi connectivity index (χ0) is 17.1. The van der Waals surface area contributed by atoms with Crippen LogP contribution in [0.5, 0.6) is 0 Å². The van der Waals surface area contributed by atoms with Crippen LogP contribution >= 0.6 is 24.2 Å². The molecule has 2 unspecified atom stereocenters. The number of rotatable bonds is 4. The van der Waals surface area contributed by atoms with Gasteiger partial charge in [0, 0.05) is 41.4 Å². The number of nitrogens with one attached hydrogen (secondary N) is 1. The van der Waals surface area contributed by atoms with Gasteiger partial charge in [-0.2, -0.15) is 0 Å². The van der Waals surface area contributed by atoms with E-state index < -0.39 is 0 Å². The second-order valence-corrected chi connectivity index (χ2v) is 8.03. The summed E-state index contributed by atoms with van der Waals surface area (Å²) in [5, 5.41) is 3.63. The number of likely N-dealkylation sites (tertiary alicyclic amines) is 1. The highest BCUT2D eigenvalue weighted by molar-refractivity contribution is 7.98. The molecule has 0 saturated carbocycles. The molecule has 4 rings (SSSR count). The summed E-state index contributed by atoms with van der Waals surface area (Å²) in [5.41, 5.74) is 2.13. The van der Waals surface area contributed by atoms with Gasteiger partial charge in [0.1, 0.15) is 0 Å². The normalized spacial score (nSPS) is 21.8. The van der Waals surface area contributed by atoms with Crippen LogP contribution in [0.25, 0.3) is 0 Å². The molecular weight excluding hydrogens is 364 g/mol. The molecule has 3 nitrogen and oxygen atoms in total. The Kier molecular flexibility index (Phi) is 6.63. The Morgan fingerprint density at radius 2 is 1.73 bits per heavy atom. The van der Waals surface area contributed by atoms with Gasteiger partial charge in [-0.3, -0.25) is 4.79 Å². The second-order valence-electron chi connectivity index (χ2n) is 6.98. The van der Waals surface area contributed by atoms with Crippen molar-refractivity contribution in [2.45, 2.75) is 42.0 Å². The first-order valence-corrected chi connectivity index (χ1v) is 10.1. The maximum absolute atomic E-state index is 12.8.